The predicted molar refractivity (Wildman–Crippen MR) is 91.1 cm³/mol. The molecule has 2 N–H and O–H groups in total. The van der Waals surface area contributed by atoms with Gasteiger partial charge in [0.05, 0.1) is 19.2 Å². The first kappa shape index (κ1) is 15.2. The number of H-pyrrole nitrogens is 1. The molecule has 0 fully saturated rings. The van der Waals surface area contributed by atoms with Crippen LogP contribution in [0.25, 0.3) is 22.2 Å². The van der Waals surface area contributed by atoms with E-state index in [9.17, 15) is 9.90 Å². The summed E-state index contributed by atoms with van der Waals surface area (Å²) in [5.41, 5.74) is 5.88. The van der Waals surface area contributed by atoms with Crippen molar-refractivity contribution in [3.63, 3.8) is 0 Å². The number of nitrogens with one attached hydrogen (secondary N) is 1. The van der Waals surface area contributed by atoms with E-state index in [1.54, 1.807) is 7.11 Å². The second-order valence-electron chi connectivity index (χ2n) is 5.78. The van der Waals surface area contributed by atoms with Crippen LogP contribution in [-0.2, 0) is 11.2 Å². The van der Waals surface area contributed by atoms with Crippen molar-refractivity contribution in [2.24, 2.45) is 0 Å². The van der Waals surface area contributed by atoms with Crippen molar-refractivity contribution in [3.8, 4) is 17.0 Å². The van der Waals surface area contributed by atoms with Crippen molar-refractivity contribution in [1.29, 1.82) is 0 Å². The summed E-state index contributed by atoms with van der Waals surface area (Å²) in [6.45, 7) is 4.06. The van der Waals surface area contributed by atoms with Crippen molar-refractivity contribution in [2.45, 2.75) is 20.3 Å². The van der Waals surface area contributed by atoms with Gasteiger partial charge in [0, 0.05) is 10.9 Å². The Labute approximate surface area is 134 Å². The van der Waals surface area contributed by atoms with Crippen molar-refractivity contribution in [2.75, 3.05) is 7.11 Å². The van der Waals surface area contributed by atoms with Crippen LogP contribution in [0, 0.1) is 13.8 Å². The van der Waals surface area contributed by atoms with Gasteiger partial charge >= 0.3 is 5.97 Å². The van der Waals surface area contributed by atoms with Crippen LogP contribution in [0.2, 0.25) is 0 Å². The Morgan fingerprint density at radius 2 is 1.87 bits per heavy atom. The molecule has 4 heteroatoms. The second-order valence-corrected chi connectivity index (χ2v) is 5.78. The van der Waals surface area contributed by atoms with Crippen LogP contribution in [0.15, 0.2) is 36.4 Å². The predicted octanol–water partition coefficient (Wildman–Crippen LogP) is 4.09. The number of carboxylic acid groups (broad SMARTS) is 1. The first-order valence-corrected chi connectivity index (χ1v) is 7.47. The summed E-state index contributed by atoms with van der Waals surface area (Å²) in [7, 11) is 1.62. The zero-order valence-corrected chi connectivity index (χ0v) is 13.4. The third-order valence-corrected chi connectivity index (χ3v) is 4.06. The van der Waals surface area contributed by atoms with Crippen LogP contribution < -0.4 is 4.74 Å². The number of aromatic amines is 1. The number of hydrogen-bond donors (Lipinski definition) is 2. The van der Waals surface area contributed by atoms with E-state index in [2.05, 4.69) is 11.1 Å². The van der Waals surface area contributed by atoms with Gasteiger partial charge in [-0.25, -0.2) is 0 Å². The third-order valence-electron chi connectivity index (χ3n) is 4.06. The van der Waals surface area contributed by atoms with E-state index < -0.39 is 5.97 Å². The Hall–Kier alpha value is -2.75. The summed E-state index contributed by atoms with van der Waals surface area (Å²) >= 11 is 0. The molecule has 3 rings (SSSR count). The number of carbonyl (C=O) groups is 1. The summed E-state index contributed by atoms with van der Waals surface area (Å²) in [6.07, 6.45) is -0.00967. The summed E-state index contributed by atoms with van der Waals surface area (Å²) in [6, 6.07) is 11.8. The van der Waals surface area contributed by atoms with Gasteiger partial charge in [-0.3, -0.25) is 4.79 Å². The molecule has 0 aliphatic carbocycles. The lowest BCUT2D eigenvalue weighted by Crippen LogP contribution is -2.01. The van der Waals surface area contributed by atoms with Gasteiger partial charge in [-0.15, -0.1) is 0 Å². The van der Waals surface area contributed by atoms with E-state index in [0.717, 1.165) is 44.6 Å². The Kier molecular flexibility index (Phi) is 3.82. The molecule has 0 saturated heterocycles. The zero-order chi connectivity index (χ0) is 16.6. The minimum atomic E-state index is -0.833. The van der Waals surface area contributed by atoms with E-state index in [1.165, 1.54) is 0 Å². The van der Waals surface area contributed by atoms with Crippen molar-refractivity contribution >= 4 is 16.9 Å². The molecular formula is C19H19NO3. The van der Waals surface area contributed by atoms with Crippen LogP contribution in [0.5, 0.6) is 5.75 Å². The van der Waals surface area contributed by atoms with Crippen LogP contribution in [0.4, 0.5) is 0 Å². The Balaban J connectivity index is 2.25. The van der Waals surface area contributed by atoms with Gasteiger partial charge in [-0.05, 0) is 60.9 Å². The molecule has 0 amide bonds. The van der Waals surface area contributed by atoms with Crippen LogP contribution in [0.1, 0.15) is 16.7 Å². The lowest BCUT2D eigenvalue weighted by atomic mass is 10.0. The zero-order valence-electron chi connectivity index (χ0n) is 13.4. The number of aryl methyl sites for hydroxylation is 2. The summed E-state index contributed by atoms with van der Waals surface area (Å²) in [5.74, 6) is -0.0588. The van der Waals surface area contributed by atoms with Gasteiger partial charge in [-0.2, -0.15) is 0 Å². The van der Waals surface area contributed by atoms with E-state index in [1.807, 2.05) is 44.2 Å². The standard InChI is InChI=1S/C19H19NO3/c1-11-8-12(2)18-15(9-11)16(10-17(21)22)19(20-18)13-4-6-14(23-3)7-5-13/h4-9,20H,10H2,1-3H3,(H,21,22). The molecule has 0 atom stereocenters. The van der Waals surface area contributed by atoms with Gasteiger partial charge in [0.25, 0.3) is 0 Å². The number of hydrogen-bond acceptors (Lipinski definition) is 2. The molecule has 0 saturated carbocycles. The maximum Gasteiger partial charge on any atom is 0.307 e. The molecule has 0 bridgehead atoms. The highest BCUT2D eigenvalue weighted by Gasteiger charge is 2.17. The van der Waals surface area contributed by atoms with Crippen LogP contribution in [0.3, 0.4) is 0 Å². The second kappa shape index (κ2) is 5.80. The SMILES string of the molecule is COc1ccc(-c2[nH]c3c(C)cc(C)cc3c2CC(=O)O)cc1. The molecule has 118 valence electrons. The third kappa shape index (κ3) is 2.80. The number of aliphatic carboxylic acids is 1. The van der Waals surface area contributed by atoms with Crippen molar-refractivity contribution < 1.29 is 14.6 Å². The number of ether oxygens (including phenoxy) is 1. The van der Waals surface area contributed by atoms with Crippen molar-refractivity contribution in [1.82, 2.24) is 4.98 Å². The van der Waals surface area contributed by atoms with E-state index in [0.29, 0.717) is 0 Å². The largest absolute Gasteiger partial charge is 0.497 e. The molecule has 2 aromatic carbocycles. The smallest absolute Gasteiger partial charge is 0.307 e. The lowest BCUT2D eigenvalue weighted by molar-refractivity contribution is -0.136. The Bertz CT molecular complexity index is 876. The summed E-state index contributed by atoms with van der Waals surface area (Å²) in [4.78, 5) is 14.7. The van der Waals surface area contributed by atoms with Crippen LogP contribution in [-0.4, -0.2) is 23.2 Å². The Morgan fingerprint density at radius 3 is 2.48 bits per heavy atom. The molecule has 0 radical (unpaired) electrons. The Morgan fingerprint density at radius 1 is 1.17 bits per heavy atom. The molecule has 4 nitrogen and oxygen atoms in total. The minimum absolute atomic E-state index is 0.00967. The molecular weight excluding hydrogens is 290 g/mol. The monoisotopic (exact) mass is 309 g/mol. The van der Waals surface area contributed by atoms with Crippen molar-refractivity contribution in [3.05, 3.63) is 53.1 Å². The normalized spacial score (nSPS) is 10.9. The van der Waals surface area contributed by atoms with Gasteiger partial charge in [0.1, 0.15) is 5.75 Å². The quantitative estimate of drug-likeness (QED) is 0.763. The van der Waals surface area contributed by atoms with Gasteiger partial charge in [0.15, 0.2) is 0 Å². The number of aromatic nitrogens is 1. The molecule has 0 unspecified atom stereocenters. The van der Waals surface area contributed by atoms with Gasteiger partial charge in [-0.1, -0.05) is 11.6 Å². The van der Waals surface area contributed by atoms with Gasteiger partial charge in [0.2, 0.25) is 0 Å². The highest BCUT2D eigenvalue weighted by atomic mass is 16.5. The number of carboxylic acids is 1. The maximum atomic E-state index is 11.3. The first-order valence-electron chi connectivity index (χ1n) is 7.47. The van der Waals surface area contributed by atoms with E-state index in [-0.39, 0.29) is 6.42 Å². The number of benzene rings is 2. The molecule has 23 heavy (non-hydrogen) atoms. The number of methoxy groups -OCH3 is 1. The van der Waals surface area contributed by atoms with Gasteiger partial charge < -0.3 is 14.8 Å². The maximum absolute atomic E-state index is 11.3. The lowest BCUT2D eigenvalue weighted by Gasteiger charge is -2.05. The molecule has 0 aliphatic rings. The average molecular weight is 309 g/mol. The molecule has 0 spiro atoms. The van der Waals surface area contributed by atoms with E-state index in [4.69, 9.17) is 4.74 Å². The topological polar surface area (TPSA) is 62.3 Å². The first-order chi connectivity index (χ1) is 11.0. The summed E-state index contributed by atoms with van der Waals surface area (Å²) < 4.78 is 5.19. The molecule has 3 aromatic rings. The fraction of sp³-hybridized carbons (Fsp3) is 0.211. The number of fused-ring (bicyclic) bond motifs is 1. The van der Waals surface area contributed by atoms with Crippen LogP contribution >= 0.6 is 0 Å². The average Bonchev–Trinajstić information content (AvgIpc) is 2.86. The summed E-state index contributed by atoms with van der Waals surface area (Å²) in [5, 5.41) is 10.3. The molecule has 1 heterocycles. The number of rotatable bonds is 4. The van der Waals surface area contributed by atoms with E-state index >= 15 is 0 Å². The highest BCUT2D eigenvalue weighted by Crippen LogP contribution is 2.33. The molecule has 1 aromatic heterocycles. The molecule has 0 aliphatic heterocycles. The highest BCUT2D eigenvalue weighted by molar-refractivity contribution is 5.95. The fourth-order valence-corrected chi connectivity index (χ4v) is 3.05. The fourth-order valence-electron chi connectivity index (χ4n) is 3.05. The minimum Gasteiger partial charge on any atom is -0.497 e.